The number of primary amides is 1. The highest BCUT2D eigenvalue weighted by atomic mass is 35.5. The third-order valence-electron chi connectivity index (χ3n) is 26.7. The molecule has 732 valence electrons. The number of likely N-dealkylation sites (N-methyl/N-ethyl adjacent to an activating group) is 2. The number of anilines is 2. The highest BCUT2D eigenvalue weighted by molar-refractivity contribution is 6.94. The summed E-state index contributed by atoms with van der Waals surface area (Å²) in [5.41, 5.74) is 13.2. The Bertz CT molecular complexity index is 6170. The van der Waals surface area contributed by atoms with E-state index in [1.807, 2.05) is 54.5 Å². The molecule has 9 heterocycles. The van der Waals surface area contributed by atoms with Gasteiger partial charge in [0.1, 0.15) is 44.3 Å². The van der Waals surface area contributed by atoms with Gasteiger partial charge in [0.05, 0.1) is 78.2 Å². The zero-order valence-electron chi connectivity index (χ0n) is 79.7. The van der Waals surface area contributed by atoms with Gasteiger partial charge in [0, 0.05) is 103 Å². The maximum Gasteiger partial charge on any atom is 0.510 e. The Balaban J connectivity index is 0.651. The number of halogens is 1. The van der Waals surface area contributed by atoms with Gasteiger partial charge in [-0.2, -0.15) is 0 Å². The van der Waals surface area contributed by atoms with E-state index in [1.165, 1.54) is 28.5 Å². The number of aromatic nitrogens is 4. The number of fused-ring (bicyclic) bond motifs is 11. The van der Waals surface area contributed by atoms with Gasteiger partial charge in [0.25, 0.3) is 11.1 Å². The molecule has 0 fully saturated rings. The number of urea groups is 1. The Kier molecular flexibility index (Phi) is 31.1. The van der Waals surface area contributed by atoms with Crippen LogP contribution >= 0.6 is 11.6 Å². The van der Waals surface area contributed by atoms with Gasteiger partial charge in [0.2, 0.25) is 36.0 Å². The third-order valence-corrected chi connectivity index (χ3v) is 32.4. The molecule has 40 heteroatoms. The van der Waals surface area contributed by atoms with E-state index in [4.69, 9.17) is 76.3 Å². The molecule has 0 radical (unpaired) electrons. The Labute approximate surface area is 798 Å². The van der Waals surface area contributed by atoms with E-state index < -0.39 is 114 Å². The van der Waals surface area contributed by atoms with Crippen molar-refractivity contribution in [1.82, 2.24) is 60.8 Å². The lowest BCUT2D eigenvalue weighted by atomic mass is 9.85. The monoisotopic (exact) mass is 1920 g/mol. The van der Waals surface area contributed by atoms with Crippen molar-refractivity contribution >= 4 is 124 Å². The van der Waals surface area contributed by atoms with E-state index >= 15 is 0 Å². The van der Waals surface area contributed by atoms with Crippen LogP contribution in [0.4, 0.5) is 30.6 Å². The molecule has 13 rings (SSSR count). The second-order valence-corrected chi connectivity index (χ2v) is 43.0. The Morgan fingerprint density at radius 3 is 1.69 bits per heavy atom. The number of carbonyl (C=O) groups is 10. The maximum atomic E-state index is 14.8. The average Bonchev–Trinajstić information content (AvgIpc) is 1.55. The lowest BCUT2D eigenvalue weighted by Crippen LogP contribution is -2.55. The fourth-order valence-corrected chi connectivity index (χ4v) is 21.6. The van der Waals surface area contributed by atoms with Crippen LogP contribution in [-0.4, -0.2) is 191 Å². The molecular formula is C97H122ClN17O21Si. The zero-order chi connectivity index (χ0) is 99.2. The number of carbonyl (C=O) groups excluding carboxylic acids is 10. The van der Waals surface area contributed by atoms with Crippen LogP contribution in [0.15, 0.2) is 101 Å². The number of esters is 2. The predicted octanol–water partition coefficient (Wildman–Crippen LogP) is 9.76. The van der Waals surface area contributed by atoms with Crippen molar-refractivity contribution in [2.45, 2.75) is 239 Å². The molecule has 4 aromatic carbocycles. The Hall–Kier alpha value is -13.2. The van der Waals surface area contributed by atoms with Crippen LogP contribution in [0, 0.1) is 17.2 Å². The van der Waals surface area contributed by atoms with Crippen LogP contribution in [0.5, 0.6) is 17.2 Å². The molecule has 0 saturated heterocycles. The first-order valence-corrected chi connectivity index (χ1v) is 49.6. The quantitative estimate of drug-likeness (QED) is 0.00324. The number of aliphatic hydroxyl groups is 1. The van der Waals surface area contributed by atoms with E-state index in [0.717, 1.165) is 21.7 Å². The van der Waals surface area contributed by atoms with Crippen LogP contribution in [-0.2, 0) is 109 Å². The average molecular weight is 1930 g/mol. The van der Waals surface area contributed by atoms with Gasteiger partial charge in [-0.05, 0) is 163 Å². The van der Waals surface area contributed by atoms with Crippen LogP contribution in [0.1, 0.15) is 178 Å². The summed E-state index contributed by atoms with van der Waals surface area (Å²) in [7, 11) is 0.0509. The molecule has 0 aliphatic carbocycles. The summed E-state index contributed by atoms with van der Waals surface area (Å²) < 4.78 is 48.7. The van der Waals surface area contributed by atoms with Crippen molar-refractivity contribution in [3.63, 3.8) is 0 Å². The van der Waals surface area contributed by atoms with Crippen molar-refractivity contribution in [3.8, 4) is 40.0 Å². The van der Waals surface area contributed by atoms with Gasteiger partial charge in [-0.3, -0.25) is 34.2 Å². The number of ether oxygens (including phenoxy) is 8. The molecule has 38 nitrogen and oxygen atoms in total. The maximum absolute atomic E-state index is 14.8. The SMILES string of the molecule is CC[C@@]1(O)C(=O)OCc2c1cc1n(c2=O)Cc2c-1nc1ccc(OC(=O)N(C)CCN(C)C(=O)OCc3ccc(NC(=O)[C@H](CCCNC(N)=O)NC(=O)[C@@H](NC(C)C)C(C)C)cc3)cc1c2[Si](C)(C)C(C)(C)CCC(C)N[C@H](C(=O)N[C@@H](CCCNC(=N)N)C(=O)Nc1ccc(COC(=O)O[C@]2(CC)C(=O)OCc3c2cc2n(c3=O)Cc3c-2nc2cc4c(cc2c3CCl)OCO4)cc1)C(C)C. The molecule has 0 saturated carbocycles. The normalized spacial score (nSPS) is 16.6. The van der Waals surface area contributed by atoms with Crippen molar-refractivity contribution in [2.75, 3.05) is 57.7 Å². The number of guanidine groups is 1. The van der Waals surface area contributed by atoms with Gasteiger partial charge < -0.3 is 116 Å². The van der Waals surface area contributed by atoms with Crippen molar-refractivity contribution < 1.29 is 90.9 Å². The predicted molar refractivity (Wildman–Crippen MR) is 514 cm³/mol. The fraction of sp³-hybridized carbons (Fsp3) is 0.474. The van der Waals surface area contributed by atoms with Gasteiger partial charge in [-0.25, -0.2) is 38.7 Å². The largest absolute Gasteiger partial charge is 0.510 e. The second-order valence-electron chi connectivity index (χ2n) is 37.6. The summed E-state index contributed by atoms with van der Waals surface area (Å²) >= 11 is 6.61. The molecule has 0 spiro atoms. The first-order chi connectivity index (χ1) is 65.0. The number of alkyl halides is 1. The summed E-state index contributed by atoms with van der Waals surface area (Å²) in [4.78, 5) is 179. The molecule has 1 unspecified atom stereocenters. The molecule has 14 N–H and O–H groups in total. The number of benzene rings is 4. The molecular weight excluding hydrogens is 1800 g/mol. The summed E-state index contributed by atoms with van der Waals surface area (Å²) in [6, 6.07) is 20.5. The van der Waals surface area contributed by atoms with E-state index in [-0.39, 0.29) is 168 Å². The summed E-state index contributed by atoms with van der Waals surface area (Å²) in [5.74, 6) is -2.92. The summed E-state index contributed by atoms with van der Waals surface area (Å²) in [6.07, 6.45) is -0.726. The van der Waals surface area contributed by atoms with Crippen LogP contribution < -0.4 is 84.5 Å². The first-order valence-electron chi connectivity index (χ1n) is 46.1. The lowest BCUT2D eigenvalue weighted by Gasteiger charge is -2.43. The minimum Gasteiger partial charge on any atom is -0.458 e. The van der Waals surface area contributed by atoms with Crippen LogP contribution in [0.25, 0.3) is 44.6 Å². The highest BCUT2D eigenvalue weighted by Crippen LogP contribution is 2.49. The Morgan fingerprint density at radius 2 is 1.14 bits per heavy atom. The number of nitrogens with zero attached hydrogens (tertiary/aromatic N) is 6. The molecule has 0 bridgehead atoms. The van der Waals surface area contributed by atoms with E-state index in [2.05, 4.69) is 69.5 Å². The van der Waals surface area contributed by atoms with Gasteiger partial charge in [-0.1, -0.05) is 107 Å². The fourth-order valence-electron chi connectivity index (χ4n) is 18.0. The number of cyclic esters (lactones) is 2. The number of hydrogen-bond donors (Lipinski definition) is 12. The molecule has 4 aromatic heterocycles. The molecule has 137 heavy (non-hydrogen) atoms. The number of nitrogens with two attached hydrogens (primary N) is 2. The number of hydrogen-bond acceptors (Lipinski definition) is 26. The molecule has 5 aliphatic heterocycles. The number of nitrogens with one attached hydrogen (secondary N) is 9. The number of amides is 8. The van der Waals surface area contributed by atoms with Gasteiger partial charge in [-0.15, -0.1) is 11.6 Å². The molecule has 5 aliphatic rings. The minimum absolute atomic E-state index is 0.00167. The lowest BCUT2D eigenvalue weighted by molar-refractivity contribution is -0.175. The van der Waals surface area contributed by atoms with Crippen LogP contribution in [0.2, 0.25) is 18.1 Å². The number of rotatable bonds is 39. The van der Waals surface area contributed by atoms with E-state index in [1.54, 1.807) is 103 Å². The topological polar surface area (TPSA) is 513 Å². The van der Waals surface area contributed by atoms with Crippen molar-refractivity contribution in [2.24, 2.45) is 23.3 Å². The highest BCUT2D eigenvalue weighted by Gasteiger charge is 2.53. The second kappa shape index (κ2) is 42.2. The van der Waals surface area contributed by atoms with Crippen molar-refractivity contribution in [1.29, 1.82) is 5.41 Å². The van der Waals surface area contributed by atoms with E-state index in [9.17, 15) is 62.6 Å². The van der Waals surface area contributed by atoms with Gasteiger partial charge >= 0.3 is 36.3 Å². The third kappa shape index (κ3) is 21.8. The van der Waals surface area contributed by atoms with Crippen LogP contribution in [0.3, 0.4) is 0 Å². The first kappa shape index (κ1) is 101. The zero-order valence-corrected chi connectivity index (χ0v) is 81.5. The van der Waals surface area contributed by atoms with E-state index in [0.29, 0.717) is 104 Å². The smallest absolute Gasteiger partial charge is 0.458 e. The standard InChI is InChI=1S/C97H122ClN17O21Si/c1-16-96(128)67-40-73-80-64(45-115(73)86(120)65(67)48-129-88(96)122)81(61-38-59(30-31-69(61)108-80)135-93(126)113(13)37-36-112(12)92(125)131-46-55-22-26-57(27-23-55)106-83(117)71(21-19-35-103-91(101)124)110-84(118)77(51(3)4)104-53(7)8)137(14,15)95(10,11)33-32-54(9)105-78(52(5)6)85(119)111-70(20-18-34-102-90(99)100)82(116)107-58-28-24-56(25-29-58)47-132-94(127)136-97(17-2)68-41-74-79-63(44-114(74)87(121)66(68)49-130-89(97)123)62(43-98)60-39-75-76(134-50-133-75)42-72(60)109-79/h22-31,38-42,51-54,70-71,77-78,104-105,128H,16-21,32-37,43-50H2,1-15H3,(H,106,117)(H,107,116)(H,110,118)(H,111,119)(H4,99,100,102)(H3,101,103,124)/t54?,70-,71-,77-,78-,96-,97-/m0/s1. The summed E-state index contributed by atoms with van der Waals surface area (Å²) in [5, 5.41) is 45.2. The Morgan fingerprint density at radius 1 is 0.613 bits per heavy atom. The van der Waals surface area contributed by atoms with Gasteiger partial charge in [0.15, 0.2) is 23.1 Å². The number of pyridine rings is 4. The minimum atomic E-state index is -3.00. The summed E-state index contributed by atoms with van der Waals surface area (Å²) in [6.45, 7) is 25.0. The molecule has 8 aromatic rings. The molecule has 8 amide bonds. The van der Waals surface area contributed by atoms with Crippen molar-refractivity contribution in [3.05, 3.63) is 162 Å². The molecule has 7 atom stereocenters.